The number of para-hydroxylation sites is 2. The van der Waals surface area contributed by atoms with Crippen molar-refractivity contribution in [1.29, 1.82) is 0 Å². The van der Waals surface area contributed by atoms with Gasteiger partial charge in [0.2, 0.25) is 0 Å². The van der Waals surface area contributed by atoms with E-state index >= 15 is 0 Å². The van der Waals surface area contributed by atoms with Gasteiger partial charge in [-0.25, -0.2) is 4.79 Å². The predicted octanol–water partition coefficient (Wildman–Crippen LogP) is 6.38. The summed E-state index contributed by atoms with van der Waals surface area (Å²) >= 11 is 3.53. The Morgan fingerprint density at radius 1 is 0.867 bits per heavy atom. The summed E-state index contributed by atoms with van der Waals surface area (Å²) in [6, 6.07) is 29.9. The average molecular weight is 458 g/mol. The van der Waals surface area contributed by atoms with E-state index in [9.17, 15) is 4.79 Å². The Balaban J connectivity index is 1.64. The molecule has 2 heterocycles. The first-order valence-corrected chi connectivity index (χ1v) is 10.6. The van der Waals surface area contributed by atoms with Gasteiger partial charge in [0, 0.05) is 16.4 Å². The van der Waals surface area contributed by atoms with Crippen molar-refractivity contribution in [3.05, 3.63) is 118 Å². The minimum atomic E-state index is -0.212. The second-order valence-electron chi connectivity index (χ2n) is 7.28. The van der Waals surface area contributed by atoms with E-state index in [2.05, 4.69) is 62.3 Å². The molecule has 30 heavy (non-hydrogen) atoms. The van der Waals surface area contributed by atoms with Crippen molar-refractivity contribution in [2.45, 2.75) is 12.6 Å². The molecule has 4 nitrogen and oxygen atoms in total. The standard InChI is InChI=1S/C25H20BrN3O/c26-20-12-5-6-13-21(20)27-25(30)29-17-19-11-4-7-14-22(19)28-16-8-15-23(28)24(29)18-9-2-1-3-10-18/h1-16,24H,17H2,(H,27,30)/t24-/m1/s1. The molecule has 148 valence electrons. The molecular weight excluding hydrogens is 438 g/mol. The number of carbonyl (C=O) groups excluding carboxylic acids is 1. The van der Waals surface area contributed by atoms with Crippen LogP contribution < -0.4 is 5.32 Å². The molecule has 1 aliphatic heterocycles. The number of amides is 2. The van der Waals surface area contributed by atoms with Gasteiger partial charge < -0.3 is 14.8 Å². The first-order chi connectivity index (χ1) is 14.7. The zero-order chi connectivity index (χ0) is 20.5. The lowest BCUT2D eigenvalue weighted by molar-refractivity contribution is 0.194. The number of nitrogens with zero attached hydrogens (tertiary/aromatic N) is 2. The number of anilines is 1. The van der Waals surface area contributed by atoms with E-state index in [0.717, 1.165) is 32.7 Å². The zero-order valence-electron chi connectivity index (χ0n) is 16.2. The molecule has 0 bridgehead atoms. The Labute approximate surface area is 183 Å². The molecule has 5 rings (SSSR count). The van der Waals surface area contributed by atoms with Crippen LogP contribution in [0.1, 0.15) is 22.9 Å². The molecule has 4 aromatic rings. The third-order valence-electron chi connectivity index (χ3n) is 5.46. The quantitative estimate of drug-likeness (QED) is 0.372. The molecule has 1 aliphatic rings. The van der Waals surface area contributed by atoms with Crippen molar-refractivity contribution in [1.82, 2.24) is 9.47 Å². The molecule has 0 spiro atoms. The van der Waals surface area contributed by atoms with Gasteiger partial charge in [-0.15, -0.1) is 0 Å². The van der Waals surface area contributed by atoms with E-state index in [-0.39, 0.29) is 12.1 Å². The van der Waals surface area contributed by atoms with E-state index in [1.54, 1.807) is 0 Å². The minimum Gasteiger partial charge on any atom is -0.318 e. The molecule has 1 aromatic heterocycles. The van der Waals surface area contributed by atoms with Crippen LogP contribution in [0.15, 0.2) is 102 Å². The van der Waals surface area contributed by atoms with Gasteiger partial charge in [0.25, 0.3) is 0 Å². The number of fused-ring (bicyclic) bond motifs is 3. The van der Waals surface area contributed by atoms with Crippen molar-refractivity contribution in [2.24, 2.45) is 0 Å². The Bertz CT molecular complexity index is 1200. The normalized spacial score (nSPS) is 15.1. The van der Waals surface area contributed by atoms with Crippen molar-refractivity contribution < 1.29 is 4.79 Å². The largest absolute Gasteiger partial charge is 0.323 e. The fourth-order valence-corrected chi connectivity index (χ4v) is 4.46. The number of hydrogen-bond acceptors (Lipinski definition) is 1. The first kappa shape index (κ1) is 18.7. The van der Waals surface area contributed by atoms with Gasteiger partial charge in [-0.1, -0.05) is 60.7 Å². The minimum absolute atomic E-state index is 0.139. The third-order valence-corrected chi connectivity index (χ3v) is 6.15. The molecule has 1 atom stereocenters. The van der Waals surface area contributed by atoms with Crippen molar-refractivity contribution in [3.8, 4) is 5.69 Å². The Morgan fingerprint density at radius 3 is 2.43 bits per heavy atom. The molecule has 2 amide bonds. The number of benzene rings is 3. The fourth-order valence-electron chi connectivity index (χ4n) is 4.08. The van der Waals surface area contributed by atoms with Gasteiger partial charge in [0.15, 0.2) is 0 Å². The van der Waals surface area contributed by atoms with Crippen LogP contribution in [-0.2, 0) is 6.54 Å². The van der Waals surface area contributed by atoms with E-state index in [4.69, 9.17) is 0 Å². The van der Waals surface area contributed by atoms with Gasteiger partial charge in [-0.05, 0) is 57.4 Å². The number of halogens is 1. The van der Waals surface area contributed by atoms with Crippen LogP contribution in [0, 0.1) is 0 Å². The molecule has 0 saturated heterocycles. The van der Waals surface area contributed by atoms with Crippen molar-refractivity contribution in [2.75, 3.05) is 5.32 Å². The van der Waals surface area contributed by atoms with Gasteiger partial charge in [-0.3, -0.25) is 0 Å². The van der Waals surface area contributed by atoms with Crippen LogP contribution >= 0.6 is 15.9 Å². The molecule has 0 unspecified atom stereocenters. The number of carbonyl (C=O) groups is 1. The lowest BCUT2D eigenvalue weighted by Crippen LogP contribution is -2.38. The highest BCUT2D eigenvalue weighted by molar-refractivity contribution is 9.10. The van der Waals surface area contributed by atoms with Crippen LogP contribution in [0.2, 0.25) is 0 Å². The first-order valence-electron chi connectivity index (χ1n) is 9.85. The smallest absolute Gasteiger partial charge is 0.318 e. The maximum atomic E-state index is 13.6. The van der Waals surface area contributed by atoms with Gasteiger partial charge >= 0.3 is 6.03 Å². The SMILES string of the molecule is O=C(Nc1ccccc1Br)N1Cc2ccccc2-n2cccc2[C@H]1c1ccccc1. The zero-order valence-corrected chi connectivity index (χ0v) is 17.8. The van der Waals surface area contributed by atoms with Crippen LogP contribution in [0.25, 0.3) is 5.69 Å². The highest BCUT2D eigenvalue weighted by Crippen LogP contribution is 2.37. The average Bonchev–Trinajstić information content (AvgIpc) is 3.20. The van der Waals surface area contributed by atoms with Gasteiger partial charge in [0.05, 0.1) is 24.0 Å². The molecule has 3 aromatic carbocycles. The van der Waals surface area contributed by atoms with E-state index in [0.29, 0.717) is 6.54 Å². The highest BCUT2D eigenvalue weighted by atomic mass is 79.9. The second kappa shape index (κ2) is 7.84. The number of hydrogen-bond donors (Lipinski definition) is 1. The number of rotatable bonds is 2. The van der Waals surface area contributed by atoms with E-state index in [1.807, 2.05) is 65.6 Å². The molecule has 0 radical (unpaired) electrons. The summed E-state index contributed by atoms with van der Waals surface area (Å²) in [6.07, 6.45) is 2.07. The lowest BCUT2D eigenvalue weighted by Gasteiger charge is -2.31. The third kappa shape index (κ3) is 3.31. The molecular formula is C25H20BrN3O. The monoisotopic (exact) mass is 457 g/mol. The molecule has 0 saturated carbocycles. The van der Waals surface area contributed by atoms with Crippen LogP contribution in [0.3, 0.4) is 0 Å². The molecule has 1 N–H and O–H groups in total. The predicted molar refractivity (Wildman–Crippen MR) is 123 cm³/mol. The molecule has 5 heteroatoms. The Kier molecular flexibility index (Phi) is 4.89. The molecule has 0 aliphatic carbocycles. The number of aromatic nitrogens is 1. The van der Waals surface area contributed by atoms with E-state index in [1.165, 1.54) is 0 Å². The Morgan fingerprint density at radius 2 is 1.60 bits per heavy atom. The summed E-state index contributed by atoms with van der Waals surface area (Å²) in [4.78, 5) is 15.5. The van der Waals surface area contributed by atoms with Crippen molar-refractivity contribution >= 4 is 27.6 Å². The summed E-state index contributed by atoms with van der Waals surface area (Å²) < 4.78 is 3.05. The molecule has 0 fully saturated rings. The highest BCUT2D eigenvalue weighted by Gasteiger charge is 2.33. The summed E-state index contributed by atoms with van der Waals surface area (Å²) in [5.41, 5.74) is 5.11. The fraction of sp³-hybridized carbons (Fsp3) is 0.0800. The van der Waals surface area contributed by atoms with E-state index < -0.39 is 0 Å². The summed E-state index contributed by atoms with van der Waals surface area (Å²) in [6.45, 7) is 0.508. The van der Waals surface area contributed by atoms with Gasteiger partial charge in [-0.2, -0.15) is 0 Å². The summed E-state index contributed by atoms with van der Waals surface area (Å²) in [7, 11) is 0. The van der Waals surface area contributed by atoms with Crippen LogP contribution in [-0.4, -0.2) is 15.5 Å². The number of urea groups is 1. The maximum absolute atomic E-state index is 13.6. The van der Waals surface area contributed by atoms with Crippen LogP contribution in [0.5, 0.6) is 0 Å². The Hall–Kier alpha value is -3.31. The number of nitrogens with one attached hydrogen (secondary N) is 1. The van der Waals surface area contributed by atoms with Crippen molar-refractivity contribution in [3.63, 3.8) is 0 Å². The lowest BCUT2D eigenvalue weighted by atomic mass is 10.0. The maximum Gasteiger partial charge on any atom is 0.323 e. The summed E-state index contributed by atoms with van der Waals surface area (Å²) in [5, 5.41) is 3.09. The van der Waals surface area contributed by atoms with Gasteiger partial charge in [0.1, 0.15) is 0 Å². The second-order valence-corrected chi connectivity index (χ2v) is 8.14. The topological polar surface area (TPSA) is 37.3 Å². The summed E-state index contributed by atoms with van der Waals surface area (Å²) in [5.74, 6) is 0. The van der Waals surface area contributed by atoms with Crippen LogP contribution in [0.4, 0.5) is 10.5 Å².